The fourth-order valence-corrected chi connectivity index (χ4v) is 18.1. The number of benzene rings is 7. The average Bonchev–Trinajstić information content (AvgIpc) is 3.28. The summed E-state index contributed by atoms with van der Waals surface area (Å²) in [6.07, 6.45) is 4.55. The molecule has 2 nitrogen and oxygen atoms in total. The van der Waals surface area contributed by atoms with Crippen molar-refractivity contribution < 1.29 is 4.39 Å². The summed E-state index contributed by atoms with van der Waals surface area (Å²) in [6, 6.07) is 54.7. The molecule has 3 aliphatic heterocycles. The Morgan fingerprint density at radius 2 is 0.968 bits per heavy atom. The number of rotatable bonds is 3. The Balaban J connectivity index is 1.22. The van der Waals surface area contributed by atoms with Crippen LogP contribution in [0.4, 0.5) is 38.5 Å². The van der Waals surface area contributed by atoms with Crippen molar-refractivity contribution in [3.8, 4) is 0 Å². The lowest BCUT2D eigenvalue weighted by Crippen LogP contribution is -2.79. The Kier molecular flexibility index (Phi) is 8.03. The van der Waals surface area contributed by atoms with E-state index in [1.807, 2.05) is 12.1 Å². The Hall–Kier alpha value is -5.65. The van der Waals surface area contributed by atoms with Crippen molar-refractivity contribution in [1.82, 2.24) is 0 Å². The highest BCUT2D eigenvalue weighted by Gasteiger charge is 2.54. The molecule has 0 spiro atoms. The lowest BCUT2D eigenvalue weighted by atomic mass is 9.33. The minimum Gasteiger partial charge on any atom is -0.311 e. The molecule has 7 aromatic carbocycles. The first-order valence-electron chi connectivity index (χ1n) is 23.3. The third-order valence-electron chi connectivity index (χ3n) is 16.5. The average molecular weight is 839 g/mol. The molecule has 0 aromatic heterocycles. The molecule has 0 atom stereocenters. The number of hydrogen-bond acceptors (Lipinski definition) is 2. The summed E-state index contributed by atoms with van der Waals surface area (Å²) in [5.74, 6) is -0.214. The van der Waals surface area contributed by atoms with Crippen LogP contribution in [0.3, 0.4) is 0 Å². The molecule has 0 saturated carbocycles. The highest BCUT2D eigenvalue weighted by atomic mass is 28.3. The zero-order valence-corrected chi connectivity index (χ0v) is 39.0. The van der Waals surface area contributed by atoms with Gasteiger partial charge < -0.3 is 9.80 Å². The van der Waals surface area contributed by atoms with Gasteiger partial charge in [-0.25, -0.2) is 4.39 Å². The largest absolute Gasteiger partial charge is 0.311 e. The quantitative estimate of drug-likeness (QED) is 0.164. The molecule has 0 unspecified atom stereocenters. The molecule has 0 saturated heterocycles. The van der Waals surface area contributed by atoms with Crippen molar-refractivity contribution >= 4 is 86.0 Å². The van der Waals surface area contributed by atoms with Gasteiger partial charge in [-0.1, -0.05) is 165 Å². The summed E-state index contributed by atoms with van der Waals surface area (Å²) in [7, 11) is -2.91. The summed E-state index contributed by atoms with van der Waals surface area (Å²) in [5, 5.41) is 5.40. The maximum absolute atomic E-state index is 17.2. The number of halogens is 1. The zero-order valence-electron chi connectivity index (χ0n) is 38.0. The predicted molar refractivity (Wildman–Crippen MR) is 268 cm³/mol. The third-order valence-corrected chi connectivity index (χ3v) is 21.3. The molecule has 0 fully saturated rings. The molecule has 63 heavy (non-hydrogen) atoms. The van der Waals surface area contributed by atoms with Crippen LogP contribution in [0.5, 0.6) is 0 Å². The van der Waals surface area contributed by atoms with E-state index in [9.17, 15) is 0 Å². The number of fused-ring (bicyclic) bond motifs is 8. The fraction of sp³-hybridized carbons (Fsp3) is 0.276. The van der Waals surface area contributed by atoms with Crippen molar-refractivity contribution in [2.75, 3.05) is 9.80 Å². The van der Waals surface area contributed by atoms with Crippen LogP contribution in [0, 0.1) is 5.82 Å². The Morgan fingerprint density at radius 3 is 1.60 bits per heavy atom. The molecule has 12 rings (SSSR count). The molecule has 0 amide bonds. The van der Waals surface area contributed by atoms with E-state index < -0.39 is 8.07 Å². The van der Waals surface area contributed by atoms with Gasteiger partial charge >= 0.3 is 0 Å². The SMILES string of the molecule is CC1(C)CCC(C)(C)c2cc(N3c4cc5c(cc4B4c6cccc7c6N(c6ccccc6[Si]7(c6ccccc6)c6ccccc6)c6cc(F)cc3c64)C(C)(C)CCC5(C)C)ccc21. The standard InChI is InChI=1S/C58H56BFN2Si/c1-55(2)28-29-56(3,4)42-34-38(26-27-41(42)55)61-48-36-44-43(57(5,6)30-31-58(44,7)8)35-46(48)59-45-22-17-25-52-54(45)62(50-33-37(60)32-49(61)53(50)59)47-23-15-16-24-51(47)63(52,39-18-11-9-12-19-39)40-20-13-10-14-21-40/h9-27,32-36H,28-31H2,1-8H3. The Labute approximate surface area is 374 Å². The second-order valence-electron chi connectivity index (χ2n) is 21.9. The van der Waals surface area contributed by atoms with Gasteiger partial charge in [0.15, 0.2) is 8.07 Å². The van der Waals surface area contributed by atoms with Gasteiger partial charge in [-0.05, 0) is 143 Å². The van der Waals surface area contributed by atoms with E-state index in [0.717, 1.165) is 48.4 Å². The fourth-order valence-electron chi connectivity index (χ4n) is 12.9. The first-order chi connectivity index (χ1) is 30.1. The third kappa shape index (κ3) is 5.23. The molecule has 7 aromatic rings. The van der Waals surface area contributed by atoms with Gasteiger partial charge in [-0.2, -0.15) is 0 Å². The number of para-hydroxylation sites is 2. The molecular formula is C58H56BFN2Si. The molecule has 0 radical (unpaired) electrons. The molecule has 0 bridgehead atoms. The first-order valence-corrected chi connectivity index (χ1v) is 25.3. The second-order valence-corrected chi connectivity index (χ2v) is 25.7. The first kappa shape index (κ1) is 39.0. The zero-order chi connectivity index (χ0) is 43.4. The second kappa shape index (κ2) is 13.0. The van der Waals surface area contributed by atoms with Crippen LogP contribution in [-0.4, -0.2) is 14.8 Å². The van der Waals surface area contributed by atoms with Crippen molar-refractivity contribution in [2.45, 2.75) is 103 Å². The summed E-state index contributed by atoms with van der Waals surface area (Å²) in [4.78, 5) is 4.92. The molecule has 5 heteroatoms. The van der Waals surface area contributed by atoms with Gasteiger partial charge in [0.1, 0.15) is 5.82 Å². The molecule has 312 valence electrons. The van der Waals surface area contributed by atoms with Crippen LogP contribution >= 0.6 is 0 Å². The number of hydrogen-bond donors (Lipinski definition) is 0. The van der Waals surface area contributed by atoms with E-state index in [1.165, 1.54) is 70.8 Å². The summed E-state index contributed by atoms with van der Waals surface area (Å²) in [5.41, 5.74) is 16.2. The van der Waals surface area contributed by atoms with E-state index in [-0.39, 0.29) is 34.2 Å². The van der Waals surface area contributed by atoms with Crippen LogP contribution in [0.2, 0.25) is 0 Å². The predicted octanol–water partition coefficient (Wildman–Crippen LogP) is 10.3. The van der Waals surface area contributed by atoms with Crippen LogP contribution in [0.15, 0.2) is 146 Å². The molecular weight excluding hydrogens is 783 g/mol. The number of nitrogens with zero attached hydrogens (tertiary/aromatic N) is 2. The van der Waals surface area contributed by atoms with Crippen LogP contribution in [0.1, 0.15) is 103 Å². The van der Waals surface area contributed by atoms with Gasteiger partial charge in [0, 0.05) is 34.1 Å². The lowest BCUT2D eigenvalue weighted by Gasteiger charge is -2.51. The Bertz CT molecular complexity index is 3020. The minimum atomic E-state index is -2.91. The van der Waals surface area contributed by atoms with Gasteiger partial charge in [0.2, 0.25) is 0 Å². The van der Waals surface area contributed by atoms with Gasteiger partial charge in [0.05, 0.1) is 0 Å². The van der Waals surface area contributed by atoms with Crippen LogP contribution in [-0.2, 0) is 21.7 Å². The monoisotopic (exact) mass is 838 g/mol. The summed E-state index contributed by atoms with van der Waals surface area (Å²) in [6.45, 7) is 19.3. The maximum atomic E-state index is 17.2. The van der Waals surface area contributed by atoms with E-state index in [4.69, 9.17) is 0 Å². The molecule has 5 aliphatic rings. The van der Waals surface area contributed by atoms with Gasteiger partial charge in [-0.15, -0.1) is 0 Å². The van der Waals surface area contributed by atoms with Crippen molar-refractivity contribution in [2.24, 2.45) is 0 Å². The van der Waals surface area contributed by atoms with Gasteiger partial charge in [-0.3, -0.25) is 0 Å². The highest BCUT2D eigenvalue weighted by molar-refractivity contribution is 7.22. The van der Waals surface area contributed by atoms with Crippen molar-refractivity contribution in [3.63, 3.8) is 0 Å². The normalized spacial score (nSPS) is 19.5. The summed E-state index contributed by atoms with van der Waals surface area (Å²) < 4.78 is 17.2. The van der Waals surface area contributed by atoms with E-state index in [0.29, 0.717) is 0 Å². The molecule has 3 heterocycles. The maximum Gasteiger partial charge on any atom is 0.252 e. The van der Waals surface area contributed by atoms with Crippen LogP contribution in [0.25, 0.3) is 0 Å². The minimum absolute atomic E-state index is 0.00362. The summed E-state index contributed by atoms with van der Waals surface area (Å²) >= 11 is 0. The van der Waals surface area contributed by atoms with E-state index in [1.54, 1.807) is 0 Å². The van der Waals surface area contributed by atoms with Gasteiger partial charge in [0.25, 0.3) is 6.71 Å². The number of anilines is 6. The van der Waals surface area contributed by atoms with Crippen molar-refractivity contribution in [3.05, 3.63) is 174 Å². The molecule has 0 N–H and O–H groups in total. The topological polar surface area (TPSA) is 6.48 Å². The Morgan fingerprint density at radius 1 is 0.444 bits per heavy atom. The van der Waals surface area contributed by atoms with Crippen LogP contribution < -0.4 is 46.9 Å². The van der Waals surface area contributed by atoms with E-state index >= 15 is 4.39 Å². The van der Waals surface area contributed by atoms with Crippen molar-refractivity contribution in [1.29, 1.82) is 0 Å². The molecule has 2 aliphatic carbocycles. The van der Waals surface area contributed by atoms with E-state index in [2.05, 4.69) is 199 Å². The lowest BCUT2D eigenvalue weighted by molar-refractivity contribution is 0.332. The highest BCUT2D eigenvalue weighted by Crippen LogP contribution is 2.52. The smallest absolute Gasteiger partial charge is 0.252 e.